The van der Waals surface area contributed by atoms with Crippen molar-refractivity contribution < 1.29 is 4.79 Å². The fraction of sp³-hybridized carbons (Fsp3) is 0.263. The normalized spacial score (nSPS) is 23.0. The molecule has 3 atom stereocenters. The first-order chi connectivity index (χ1) is 12.3. The number of hydrogen-bond donors (Lipinski definition) is 2. The van der Waals surface area contributed by atoms with E-state index in [9.17, 15) is 4.79 Å². The third kappa shape index (κ3) is 2.50. The molecule has 0 bridgehead atoms. The van der Waals surface area contributed by atoms with Crippen LogP contribution in [0.3, 0.4) is 0 Å². The van der Waals surface area contributed by atoms with Gasteiger partial charge in [-0.3, -0.25) is 4.79 Å². The van der Waals surface area contributed by atoms with Gasteiger partial charge >= 0.3 is 0 Å². The summed E-state index contributed by atoms with van der Waals surface area (Å²) < 4.78 is 0. The van der Waals surface area contributed by atoms with Crippen molar-refractivity contribution in [3.05, 3.63) is 71.0 Å². The molecular weight excluding hydrogens is 314 g/mol. The highest BCUT2D eigenvalue weighted by Crippen LogP contribution is 2.61. The minimum atomic E-state index is 0.107. The molecule has 0 saturated heterocycles. The molecule has 25 heavy (non-hydrogen) atoms. The molecule has 124 valence electrons. The maximum Gasteiger partial charge on any atom is 0.228 e. The van der Waals surface area contributed by atoms with Crippen molar-refractivity contribution in [2.45, 2.75) is 18.8 Å². The number of aromatic amines is 1. The second kappa shape index (κ2) is 5.51. The van der Waals surface area contributed by atoms with Gasteiger partial charge in [0.15, 0.2) is 5.82 Å². The molecule has 3 unspecified atom stereocenters. The van der Waals surface area contributed by atoms with Crippen LogP contribution in [0.4, 0.5) is 5.69 Å². The first kappa shape index (κ1) is 14.3. The fourth-order valence-electron chi connectivity index (χ4n) is 4.13. The average molecular weight is 331 g/mol. The lowest BCUT2D eigenvalue weighted by Crippen LogP contribution is -2.17. The van der Waals surface area contributed by atoms with Crippen LogP contribution in [0.1, 0.15) is 28.4 Å². The van der Waals surface area contributed by atoms with Crippen LogP contribution in [0, 0.1) is 11.8 Å². The Morgan fingerprint density at radius 2 is 2.12 bits per heavy atom. The number of amides is 1. The Kier molecular flexibility index (Phi) is 3.16. The molecule has 0 aliphatic heterocycles. The summed E-state index contributed by atoms with van der Waals surface area (Å²) in [6.07, 6.45) is 1.61. The first-order valence-electron chi connectivity index (χ1n) is 8.49. The van der Waals surface area contributed by atoms with Crippen molar-refractivity contribution in [3.8, 4) is 0 Å². The second-order valence-electron chi connectivity index (χ2n) is 6.81. The third-order valence-electron chi connectivity index (χ3n) is 5.29. The number of carbonyl (C=O) groups is 1. The largest absolute Gasteiger partial charge is 0.326 e. The number of aromatic nitrogens is 4. The number of benzene rings is 2. The number of anilines is 1. The van der Waals surface area contributed by atoms with Gasteiger partial charge in [-0.05, 0) is 47.1 Å². The highest BCUT2D eigenvalue weighted by Gasteiger charge is 2.59. The van der Waals surface area contributed by atoms with Crippen molar-refractivity contribution >= 4 is 11.6 Å². The number of hydrogen-bond acceptors (Lipinski definition) is 4. The van der Waals surface area contributed by atoms with Gasteiger partial charge in [-0.1, -0.05) is 41.6 Å². The number of tetrazole rings is 1. The zero-order valence-electron chi connectivity index (χ0n) is 13.5. The van der Waals surface area contributed by atoms with Crippen LogP contribution < -0.4 is 5.32 Å². The van der Waals surface area contributed by atoms with E-state index in [4.69, 9.17) is 0 Å². The monoisotopic (exact) mass is 331 g/mol. The summed E-state index contributed by atoms with van der Waals surface area (Å²) in [4.78, 5) is 12.7. The predicted molar refractivity (Wildman–Crippen MR) is 91.9 cm³/mol. The fourth-order valence-corrected chi connectivity index (χ4v) is 4.13. The predicted octanol–water partition coefficient (Wildman–Crippen LogP) is 2.31. The van der Waals surface area contributed by atoms with Crippen LogP contribution in [0.2, 0.25) is 0 Å². The van der Waals surface area contributed by atoms with Crippen molar-refractivity contribution in [2.24, 2.45) is 11.8 Å². The summed E-state index contributed by atoms with van der Waals surface area (Å²) in [6, 6.07) is 16.3. The van der Waals surface area contributed by atoms with Crippen LogP contribution >= 0.6 is 0 Å². The van der Waals surface area contributed by atoms with Crippen LogP contribution in [-0.2, 0) is 17.6 Å². The zero-order valence-corrected chi connectivity index (χ0v) is 13.5. The lowest BCUT2D eigenvalue weighted by atomic mass is 10.0. The number of nitrogens with zero attached hydrogens (tertiary/aromatic N) is 3. The van der Waals surface area contributed by atoms with Gasteiger partial charge in [0, 0.05) is 18.0 Å². The minimum absolute atomic E-state index is 0.107. The SMILES string of the molecule is O=C(Nc1cccc(Cc2nn[nH]n2)c1)C1C2Cc3ccccc3C21. The minimum Gasteiger partial charge on any atom is -0.326 e. The molecule has 3 aromatic rings. The molecule has 2 aliphatic carbocycles. The maximum absolute atomic E-state index is 12.7. The zero-order chi connectivity index (χ0) is 16.8. The molecule has 1 heterocycles. The van der Waals surface area contributed by atoms with E-state index in [1.807, 2.05) is 24.3 Å². The molecule has 0 spiro atoms. The Bertz CT molecular complexity index is 937. The van der Waals surface area contributed by atoms with Gasteiger partial charge in [-0.2, -0.15) is 5.21 Å². The Hall–Kier alpha value is -3.02. The van der Waals surface area contributed by atoms with E-state index in [0.29, 0.717) is 24.1 Å². The van der Waals surface area contributed by atoms with E-state index in [-0.39, 0.29) is 11.8 Å². The standard InChI is InChI=1S/C19H17N5O/c25-19(18-15-10-12-5-1-2-7-14(12)17(15)18)20-13-6-3-4-11(8-13)9-16-21-23-24-22-16/h1-8,15,17-18H,9-10H2,(H,20,25)(H,21,22,23,24). The number of fused-ring (bicyclic) bond motifs is 3. The van der Waals surface area contributed by atoms with Crippen molar-refractivity contribution in [2.75, 3.05) is 5.32 Å². The van der Waals surface area contributed by atoms with Gasteiger partial charge in [-0.15, -0.1) is 10.2 Å². The summed E-state index contributed by atoms with van der Waals surface area (Å²) in [5.41, 5.74) is 4.63. The van der Waals surface area contributed by atoms with Gasteiger partial charge in [0.2, 0.25) is 5.91 Å². The topological polar surface area (TPSA) is 83.6 Å². The molecule has 1 saturated carbocycles. The van der Waals surface area contributed by atoms with Crippen molar-refractivity contribution in [1.82, 2.24) is 20.6 Å². The lowest BCUT2D eigenvalue weighted by Gasteiger charge is -2.09. The number of carbonyl (C=O) groups excluding carboxylic acids is 1. The molecule has 1 fully saturated rings. The summed E-state index contributed by atoms with van der Waals surface area (Å²) in [5, 5.41) is 17.0. The highest BCUT2D eigenvalue weighted by molar-refractivity contribution is 5.96. The molecule has 1 aromatic heterocycles. The Morgan fingerprint density at radius 3 is 3.00 bits per heavy atom. The van der Waals surface area contributed by atoms with Gasteiger partial charge in [0.1, 0.15) is 0 Å². The third-order valence-corrected chi connectivity index (χ3v) is 5.29. The van der Waals surface area contributed by atoms with E-state index in [0.717, 1.165) is 17.7 Å². The van der Waals surface area contributed by atoms with Gasteiger partial charge in [-0.25, -0.2) is 0 Å². The Morgan fingerprint density at radius 1 is 1.20 bits per heavy atom. The van der Waals surface area contributed by atoms with Crippen molar-refractivity contribution in [3.63, 3.8) is 0 Å². The van der Waals surface area contributed by atoms with Crippen molar-refractivity contribution in [1.29, 1.82) is 0 Å². The lowest BCUT2D eigenvalue weighted by molar-refractivity contribution is -0.117. The van der Waals surface area contributed by atoms with Crippen LogP contribution in [0.5, 0.6) is 0 Å². The summed E-state index contributed by atoms with van der Waals surface area (Å²) >= 11 is 0. The highest BCUT2D eigenvalue weighted by atomic mass is 16.2. The summed E-state index contributed by atoms with van der Waals surface area (Å²) in [6.45, 7) is 0. The number of nitrogens with one attached hydrogen (secondary N) is 2. The van der Waals surface area contributed by atoms with Gasteiger partial charge in [0.05, 0.1) is 0 Å². The molecular formula is C19H17N5O. The molecule has 6 nitrogen and oxygen atoms in total. The maximum atomic E-state index is 12.7. The molecule has 5 rings (SSSR count). The van der Waals surface area contributed by atoms with Crippen LogP contribution in [0.15, 0.2) is 48.5 Å². The van der Waals surface area contributed by atoms with E-state index in [2.05, 4.69) is 50.2 Å². The Balaban J connectivity index is 1.28. The van der Waals surface area contributed by atoms with E-state index in [1.54, 1.807) is 0 Å². The van der Waals surface area contributed by atoms with E-state index < -0.39 is 0 Å². The van der Waals surface area contributed by atoms with Crippen LogP contribution in [-0.4, -0.2) is 26.5 Å². The second-order valence-corrected chi connectivity index (χ2v) is 6.81. The van der Waals surface area contributed by atoms with Gasteiger partial charge < -0.3 is 5.32 Å². The Labute approximate surface area is 144 Å². The number of H-pyrrole nitrogens is 1. The molecule has 2 aromatic carbocycles. The van der Waals surface area contributed by atoms with Gasteiger partial charge in [0.25, 0.3) is 0 Å². The summed E-state index contributed by atoms with van der Waals surface area (Å²) in [7, 11) is 0. The molecule has 2 N–H and O–H groups in total. The molecule has 2 aliphatic rings. The summed E-state index contributed by atoms with van der Waals surface area (Å²) in [5.74, 6) is 1.74. The molecule has 1 amide bonds. The molecule has 0 radical (unpaired) electrons. The average Bonchev–Trinajstić information content (AvgIpc) is 2.95. The van der Waals surface area contributed by atoms with E-state index in [1.165, 1.54) is 11.1 Å². The van der Waals surface area contributed by atoms with E-state index >= 15 is 0 Å². The van der Waals surface area contributed by atoms with Crippen LogP contribution in [0.25, 0.3) is 0 Å². The quantitative estimate of drug-likeness (QED) is 0.768. The molecule has 6 heteroatoms. The number of rotatable bonds is 4. The smallest absolute Gasteiger partial charge is 0.228 e. The first-order valence-corrected chi connectivity index (χ1v) is 8.49.